The number of anilines is 2. The Morgan fingerprint density at radius 3 is 2.70 bits per heavy atom. The van der Waals surface area contributed by atoms with Crippen LogP contribution in [0.4, 0.5) is 15.9 Å². The van der Waals surface area contributed by atoms with Crippen molar-refractivity contribution in [2.24, 2.45) is 12.8 Å². The Hall–Kier alpha value is -1.47. The number of nitrogens with two attached hydrogens (primary N) is 1. The highest BCUT2D eigenvalue weighted by Crippen LogP contribution is 2.28. The summed E-state index contributed by atoms with van der Waals surface area (Å²) in [6.07, 6.45) is 0. The molecule has 0 bridgehead atoms. The van der Waals surface area contributed by atoms with E-state index < -0.39 is 0 Å². The minimum atomic E-state index is -0.339. The van der Waals surface area contributed by atoms with Crippen LogP contribution in [0.15, 0.2) is 16.6 Å². The van der Waals surface area contributed by atoms with Gasteiger partial charge < -0.3 is 11.1 Å². The number of hydrogen-bond acceptors (Lipinski definition) is 3. The van der Waals surface area contributed by atoms with E-state index in [1.165, 1.54) is 6.07 Å². The predicted octanol–water partition coefficient (Wildman–Crippen LogP) is 3.32. The van der Waals surface area contributed by atoms with E-state index in [1.54, 1.807) is 17.8 Å². The third kappa shape index (κ3) is 2.69. The van der Waals surface area contributed by atoms with E-state index in [0.717, 1.165) is 11.3 Å². The summed E-state index contributed by atoms with van der Waals surface area (Å²) < 4.78 is 15.7. The van der Waals surface area contributed by atoms with E-state index in [9.17, 15) is 4.39 Å². The summed E-state index contributed by atoms with van der Waals surface area (Å²) in [6.45, 7) is 3.71. The molecule has 2 aromatic rings. The lowest BCUT2D eigenvalue weighted by atomic mass is 10.2. The molecule has 0 fully saturated rings. The fraction of sp³-hybridized carbons (Fsp3) is 0.231. The van der Waals surface area contributed by atoms with Crippen molar-refractivity contribution in [3.8, 4) is 0 Å². The summed E-state index contributed by atoms with van der Waals surface area (Å²) in [5, 5.41) is 7.43. The molecule has 4 nitrogen and oxygen atoms in total. The van der Waals surface area contributed by atoms with Gasteiger partial charge in [0.2, 0.25) is 0 Å². The smallest absolute Gasteiger partial charge is 0.139 e. The highest BCUT2D eigenvalue weighted by molar-refractivity contribution is 9.10. The molecule has 0 saturated carbocycles. The zero-order valence-corrected chi connectivity index (χ0v) is 13.7. The van der Waals surface area contributed by atoms with Crippen molar-refractivity contribution in [2.75, 3.05) is 5.32 Å². The lowest BCUT2D eigenvalue weighted by Crippen LogP contribution is -2.13. The average molecular weight is 357 g/mol. The molecule has 0 aliphatic heterocycles. The molecule has 0 spiro atoms. The number of rotatable bonds is 3. The Kier molecular flexibility index (Phi) is 4.10. The zero-order chi connectivity index (χ0) is 15.0. The second-order valence-corrected chi connectivity index (χ2v) is 5.80. The fourth-order valence-corrected chi connectivity index (χ4v) is 2.71. The number of halogens is 2. The lowest BCUT2D eigenvalue weighted by molar-refractivity contribution is 0.621. The van der Waals surface area contributed by atoms with Crippen LogP contribution in [0.1, 0.15) is 16.8 Å². The van der Waals surface area contributed by atoms with Crippen LogP contribution < -0.4 is 11.1 Å². The van der Waals surface area contributed by atoms with Gasteiger partial charge in [-0.1, -0.05) is 12.2 Å². The molecule has 0 saturated heterocycles. The Morgan fingerprint density at radius 2 is 2.10 bits per heavy atom. The number of aryl methyl sites for hydroxylation is 3. The number of thiocarbonyl (C=S) groups is 1. The fourth-order valence-electron chi connectivity index (χ4n) is 2.01. The van der Waals surface area contributed by atoms with Gasteiger partial charge >= 0.3 is 0 Å². The molecule has 0 unspecified atom stereocenters. The Labute approximate surface area is 130 Å². The summed E-state index contributed by atoms with van der Waals surface area (Å²) in [7, 11) is 1.78. The number of nitrogens with zero attached hydrogens (tertiary/aromatic N) is 2. The molecule has 1 aromatic carbocycles. The molecule has 0 aliphatic rings. The number of nitrogens with one attached hydrogen (secondary N) is 1. The number of benzene rings is 1. The van der Waals surface area contributed by atoms with Gasteiger partial charge in [-0.3, -0.25) is 4.68 Å². The molecule has 7 heteroatoms. The third-order valence-corrected chi connectivity index (χ3v) is 3.80. The van der Waals surface area contributed by atoms with E-state index in [4.69, 9.17) is 18.0 Å². The van der Waals surface area contributed by atoms with Crippen LogP contribution in [0, 0.1) is 19.7 Å². The van der Waals surface area contributed by atoms with Crippen molar-refractivity contribution in [3.05, 3.63) is 39.2 Å². The molecule has 20 heavy (non-hydrogen) atoms. The Balaban J connectivity index is 2.50. The van der Waals surface area contributed by atoms with Crippen molar-refractivity contribution in [1.82, 2.24) is 9.78 Å². The second-order valence-electron chi connectivity index (χ2n) is 4.50. The first-order valence-corrected chi connectivity index (χ1v) is 7.07. The SMILES string of the molecule is Cc1cc(Br)c(F)cc1Nc1c(C(N)=S)c(C)nn1C. The molecule has 0 atom stereocenters. The maximum Gasteiger partial charge on any atom is 0.139 e. The van der Waals surface area contributed by atoms with Crippen molar-refractivity contribution in [2.45, 2.75) is 13.8 Å². The lowest BCUT2D eigenvalue weighted by Gasteiger charge is -2.12. The maximum absolute atomic E-state index is 13.7. The van der Waals surface area contributed by atoms with E-state index in [2.05, 4.69) is 26.3 Å². The first-order valence-electron chi connectivity index (χ1n) is 5.87. The molecular formula is C13H14BrFN4S. The van der Waals surface area contributed by atoms with Crippen LogP contribution >= 0.6 is 28.1 Å². The van der Waals surface area contributed by atoms with Crippen LogP contribution in [-0.2, 0) is 7.05 Å². The van der Waals surface area contributed by atoms with Gasteiger partial charge in [0.25, 0.3) is 0 Å². The number of aromatic nitrogens is 2. The molecule has 0 radical (unpaired) electrons. The van der Waals surface area contributed by atoms with E-state index in [1.807, 2.05) is 13.8 Å². The molecule has 0 amide bonds. The monoisotopic (exact) mass is 356 g/mol. The molecule has 3 N–H and O–H groups in total. The van der Waals surface area contributed by atoms with E-state index in [0.29, 0.717) is 21.5 Å². The summed E-state index contributed by atoms with van der Waals surface area (Å²) in [6, 6.07) is 3.13. The van der Waals surface area contributed by atoms with Crippen molar-refractivity contribution >= 4 is 44.6 Å². The van der Waals surface area contributed by atoms with Crippen LogP contribution in [0.5, 0.6) is 0 Å². The first kappa shape index (κ1) is 14.9. The summed E-state index contributed by atoms with van der Waals surface area (Å²) in [4.78, 5) is 0.258. The number of hydrogen-bond donors (Lipinski definition) is 2. The van der Waals surface area contributed by atoms with Crippen LogP contribution in [0.3, 0.4) is 0 Å². The topological polar surface area (TPSA) is 55.9 Å². The third-order valence-electron chi connectivity index (χ3n) is 2.99. The van der Waals surface area contributed by atoms with Crippen molar-refractivity contribution in [1.29, 1.82) is 0 Å². The molecular weight excluding hydrogens is 343 g/mol. The van der Waals surface area contributed by atoms with E-state index in [-0.39, 0.29) is 10.8 Å². The maximum atomic E-state index is 13.7. The summed E-state index contributed by atoms with van der Waals surface area (Å²) in [5.41, 5.74) is 8.68. The summed E-state index contributed by atoms with van der Waals surface area (Å²) in [5.74, 6) is 0.314. The van der Waals surface area contributed by atoms with Crippen molar-refractivity contribution in [3.63, 3.8) is 0 Å². The van der Waals surface area contributed by atoms with Gasteiger partial charge in [0.05, 0.1) is 15.7 Å². The standard InChI is InChI=1S/C13H14BrFN4S/c1-6-4-8(14)9(15)5-10(6)17-13-11(12(16)20)7(2)18-19(13)3/h4-5,17H,1-3H3,(H2,16,20). The molecule has 1 heterocycles. The molecule has 2 rings (SSSR count). The van der Waals surface area contributed by atoms with Gasteiger partial charge in [-0.15, -0.1) is 0 Å². The highest BCUT2D eigenvalue weighted by Gasteiger charge is 2.17. The van der Waals surface area contributed by atoms with E-state index >= 15 is 0 Å². The minimum absolute atomic E-state index is 0.258. The van der Waals surface area contributed by atoms with Gasteiger partial charge in [0.1, 0.15) is 16.6 Å². The van der Waals surface area contributed by atoms with Crippen molar-refractivity contribution < 1.29 is 4.39 Å². The Morgan fingerprint density at radius 1 is 1.45 bits per heavy atom. The quantitative estimate of drug-likeness (QED) is 0.828. The molecule has 0 aliphatic carbocycles. The first-order chi connectivity index (χ1) is 9.31. The minimum Gasteiger partial charge on any atom is -0.389 e. The van der Waals surface area contributed by atoms with Gasteiger partial charge in [-0.05, 0) is 47.5 Å². The van der Waals surface area contributed by atoms with Gasteiger partial charge in [0, 0.05) is 12.7 Å². The summed E-state index contributed by atoms with van der Waals surface area (Å²) >= 11 is 8.21. The highest BCUT2D eigenvalue weighted by atomic mass is 79.9. The van der Waals surface area contributed by atoms with Crippen LogP contribution in [-0.4, -0.2) is 14.8 Å². The zero-order valence-electron chi connectivity index (χ0n) is 11.3. The van der Waals surface area contributed by atoms with Gasteiger partial charge in [-0.25, -0.2) is 4.39 Å². The molecule has 1 aromatic heterocycles. The van der Waals surface area contributed by atoms with Gasteiger partial charge in [0.15, 0.2) is 0 Å². The largest absolute Gasteiger partial charge is 0.389 e. The Bertz CT molecular complexity index is 696. The molecule has 106 valence electrons. The van der Waals surface area contributed by atoms with Crippen LogP contribution in [0.25, 0.3) is 0 Å². The second kappa shape index (κ2) is 5.49. The predicted molar refractivity (Wildman–Crippen MR) is 86.0 cm³/mol. The van der Waals surface area contributed by atoms with Gasteiger partial charge in [-0.2, -0.15) is 5.10 Å². The van der Waals surface area contributed by atoms with Crippen LogP contribution in [0.2, 0.25) is 0 Å². The normalized spacial score (nSPS) is 10.7. The average Bonchev–Trinajstić information content (AvgIpc) is 2.61.